The molecule has 0 aliphatic carbocycles. The van der Waals surface area contributed by atoms with Crippen molar-refractivity contribution in [1.82, 2.24) is 15.2 Å². The number of carboxylic acids is 1. The van der Waals surface area contributed by atoms with E-state index < -0.39 is 18.8 Å². The fourth-order valence-electron chi connectivity index (χ4n) is 3.51. The van der Waals surface area contributed by atoms with Crippen molar-refractivity contribution in [2.45, 2.75) is 44.0 Å². The van der Waals surface area contributed by atoms with Gasteiger partial charge in [0, 0.05) is 17.0 Å². The number of nitrogens with zero attached hydrogens (tertiary/aromatic N) is 3. The van der Waals surface area contributed by atoms with Gasteiger partial charge in [-0.1, -0.05) is 68.3 Å². The van der Waals surface area contributed by atoms with Crippen LogP contribution in [0.1, 0.15) is 44.4 Å². The number of carboxylic acid groups (broad SMARTS) is 1. The van der Waals surface area contributed by atoms with Crippen molar-refractivity contribution in [1.29, 1.82) is 0 Å². The lowest BCUT2D eigenvalue weighted by molar-refractivity contribution is -0.139. The van der Waals surface area contributed by atoms with Crippen LogP contribution < -0.4 is 14.8 Å². The van der Waals surface area contributed by atoms with Gasteiger partial charge < -0.3 is 19.9 Å². The number of unbranched alkanes of at least 4 members (excludes halogenated alkanes) is 3. The van der Waals surface area contributed by atoms with Crippen LogP contribution in [0.15, 0.2) is 53.7 Å². The van der Waals surface area contributed by atoms with Crippen LogP contribution in [0.5, 0.6) is 11.6 Å². The maximum Gasteiger partial charge on any atom is 0.341 e. The molecule has 8 nitrogen and oxygen atoms in total. The highest BCUT2D eigenvalue weighted by Gasteiger charge is 2.28. The number of aromatic nitrogens is 3. The van der Waals surface area contributed by atoms with Crippen molar-refractivity contribution >= 4 is 23.4 Å². The summed E-state index contributed by atoms with van der Waals surface area (Å²) < 4.78 is 11.8. The molecule has 2 aromatic carbocycles. The molecule has 0 fully saturated rings. The molecule has 9 heteroatoms. The predicted molar refractivity (Wildman–Crippen MR) is 127 cm³/mol. The average Bonchev–Trinajstić information content (AvgIpc) is 2.99. The molecule has 2 heterocycles. The SMILES string of the molecule is CCCCCCSc1nnc2c(n1)O[C@@H](c1ccccc1OCC(=O)O)Nc1ccccc1-2. The van der Waals surface area contributed by atoms with Crippen molar-refractivity contribution < 1.29 is 19.4 Å². The molecule has 0 radical (unpaired) electrons. The van der Waals surface area contributed by atoms with Gasteiger partial charge >= 0.3 is 5.97 Å². The van der Waals surface area contributed by atoms with Crippen LogP contribution in [0.4, 0.5) is 5.69 Å². The minimum atomic E-state index is -1.05. The van der Waals surface area contributed by atoms with Gasteiger partial charge in [-0.3, -0.25) is 0 Å². The van der Waals surface area contributed by atoms with Crippen LogP contribution >= 0.6 is 11.8 Å². The van der Waals surface area contributed by atoms with Gasteiger partial charge in [0.15, 0.2) is 12.3 Å². The Kier molecular flexibility index (Phi) is 7.62. The van der Waals surface area contributed by atoms with Gasteiger partial charge in [-0.05, 0) is 24.6 Å². The first-order chi connectivity index (χ1) is 16.2. The first-order valence-electron chi connectivity index (χ1n) is 11.0. The second kappa shape index (κ2) is 11.0. The third-order valence-electron chi connectivity index (χ3n) is 5.12. The fraction of sp³-hybridized carbons (Fsp3) is 0.333. The van der Waals surface area contributed by atoms with Crippen molar-refractivity contribution in [2.24, 2.45) is 0 Å². The minimum absolute atomic E-state index is 0.372. The number of hydrogen-bond donors (Lipinski definition) is 2. The summed E-state index contributed by atoms with van der Waals surface area (Å²) in [4.78, 5) is 15.7. The quantitative estimate of drug-likeness (QED) is 0.309. The van der Waals surface area contributed by atoms with Crippen LogP contribution in [0, 0.1) is 0 Å². The van der Waals surface area contributed by atoms with E-state index in [4.69, 9.17) is 14.6 Å². The highest BCUT2D eigenvalue weighted by Crippen LogP contribution is 2.41. The van der Waals surface area contributed by atoms with E-state index in [-0.39, 0.29) is 0 Å². The Balaban J connectivity index is 1.64. The fourth-order valence-corrected chi connectivity index (χ4v) is 4.29. The number of anilines is 1. The molecule has 1 aliphatic heterocycles. The first kappa shape index (κ1) is 22.8. The molecular formula is C24H26N4O4S. The number of aliphatic carboxylic acids is 1. The van der Waals surface area contributed by atoms with Gasteiger partial charge in [-0.15, -0.1) is 10.2 Å². The maximum absolute atomic E-state index is 11.0. The molecule has 2 N–H and O–H groups in total. The maximum atomic E-state index is 11.0. The van der Waals surface area contributed by atoms with E-state index in [0.717, 1.165) is 23.4 Å². The summed E-state index contributed by atoms with van der Waals surface area (Å²) in [6, 6.07) is 14.9. The van der Waals surface area contributed by atoms with Gasteiger partial charge in [0.1, 0.15) is 5.75 Å². The third kappa shape index (κ3) is 5.73. The van der Waals surface area contributed by atoms with E-state index in [2.05, 4.69) is 27.4 Å². The monoisotopic (exact) mass is 466 g/mol. The average molecular weight is 467 g/mol. The van der Waals surface area contributed by atoms with Gasteiger partial charge in [0.05, 0.1) is 5.56 Å². The van der Waals surface area contributed by atoms with Crippen LogP contribution in [0.3, 0.4) is 0 Å². The highest BCUT2D eigenvalue weighted by molar-refractivity contribution is 7.99. The minimum Gasteiger partial charge on any atom is -0.481 e. The summed E-state index contributed by atoms with van der Waals surface area (Å²) in [5.41, 5.74) is 2.86. The zero-order valence-electron chi connectivity index (χ0n) is 18.4. The lowest BCUT2D eigenvalue weighted by Crippen LogP contribution is -2.19. The number of para-hydroxylation sites is 2. The topological polar surface area (TPSA) is 106 Å². The molecule has 1 aromatic heterocycles. The molecule has 33 heavy (non-hydrogen) atoms. The molecule has 0 saturated carbocycles. The Morgan fingerprint density at radius 1 is 1.12 bits per heavy atom. The zero-order chi connectivity index (χ0) is 23.0. The summed E-state index contributed by atoms with van der Waals surface area (Å²) in [7, 11) is 0. The third-order valence-corrected chi connectivity index (χ3v) is 6.04. The predicted octanol–water partition coefficient (Wildman–Crippen LogP) is 5.18. The van der Waals surface area contributed by atoms with E-state index in [0.29, 0.717) is 28.0 Å². The van der Waals surface area contributed by atoms with Crippen molar-refractivity contribution in [2.75, 3.05) is 17.7 Å². The van der Waals surface area contributed by atoms with Crippen molar-refractivity contribution in [3.63, 3.8) is 0 Å². The second-order valence-corrected chi connectivity index (χ2v) is 8.63. The lowest BCUT2D eigenvalue weighted by atomic mass is 10.1. The van der Waals surface area contributed by atoms with Crippen LogP contribution in [-0.4, -0.2) is 38.6 Å². The van der Waals surface area contributed by atoms with Gasteiger partial charge in [-0.25, -0.2) is 4.79 Å². The second-order valence-electron chi connectivity index (χ2n) is 7.57. The highest BCUT2D eigenvalue weighted by atomic mass is 32.2. The number of nitrogens with one attached hydrogen (secondary N) is 1. The molecule has 0 amide bonds. The molecular weight excluding hydrogens is 440 g/mol. The zero-order valence-corrected chi connectivity index (χ0v) is 19.2. The molecule has 1 aliphatic rings. The van der Waals surface area contributed by atoms with E-state index in [1.165, 1.54) is 19.3 Å². The molecule has 172 valence electrons. The Hall–Kier alpha value is -3.33. The van der Waals surface area contributed by atoms with E-state index in [1.807, 2.05) is 36.4 Å². The van der Waals surface area contributed by atoms with E-state index >= 15 is 0 Å². The number of thioether (sulfide) groups is 1. The van der Waals surface area contributed by atoms with E-state index in [9.17, 15) is 4.79 Å². The lowest BCUT2D eigenvalue weighted by Gasteiger charge is -2.21. The summed E-state index contributed by atoms with van der Waals surface area (Å²) in [6.07, 6.45) is 4.05. The summed E-state index contributed by atoms with van der Waals surface area (Å²) in [5, 5.41) is 21.7. The Morgan fingerprint density at radius 3 is 2.79 bits per heavy atom. The summed E-state index contributed by atoms with van der Waals surface area (Å²) in [5.74, 6) is 0.667. The Morgan fingerprint density at radius 2 is 1.94 bits per heavy atom. The Labute approximate surface area is 196 Å². The largest absolute Gasteiger partial charge is 0.481 e. The number of carbonyl (C=O) groups is 1. The van der Waals surface area contributed by atoms with Gasteiger partial charge in [0.2, 0.25) is 17.3 Å². The number of hydrogen-bond acceptors (Lipinski definition) is 8. The number of rotatable bonds is 10. The molecule has 4 rings (SSSR count). The molecule has 1 atom stereocenters. The molecule has 0 unspecified atom stereocenters. The normalized spacial score (nSPS) is 14.3. The van der Waals surface area contributed by atoms with Crippen LogP contribution in [0.2, 0.25) is 0 Å². The van der Waals surface area contributed by atoms with Gasteiger partial charge in [-0.2, -0.15) is 4.98 Å². The summed E-state index contributed by atoms with van der Waals surface area (Å²) >= 11 is 1.57. The number of benzene rings is 2. The number of ether oxygens (including phenoxy) is 2. The van der Waals surface area contributed by atoms with E-state index in [1.54, 1.807) is 23.9 Å². The standard InChI is InChI=1S/C24H26N4O4S/c1-2-3-4-9-14-33-24-26-23-21(27-28-24)16-10-5-7-12-18(16)25-22(32-23)17-11-6-8-13-19(17)31-15-20(29)30/h5-8,10-13,22,25H,2-4,9,14-15H2,1H3,(H,29,30)/t22-/m0/s1. The molecule has 0 bridgehead atoms. The molecule has 3 aromatic rings. The Bertz CT molecular complexity index is 1110. The first-order valence-corrected chi connectivity index (χ1v) is 12.0. The smallest absolute Gasteiger partial charge is 0.341 e. The molecule has 0 saturated heterocycles. The van der Waals surface area contributed by atoms with Crippen molar-refractivity contribution in [3.05, 3.63) is 54.1 Å². The number of fused-ring (bicyclic) bond motifs is 3. The molecule has 0 spiro atoms. The summed E-state index contributed by atoms with van der Waals surface area (Å²) in [6.45, 7) is 1.75. The van der Waals surface area contributed by atoms with Gasteiger partial charge in [0.25, 0.3) is 0 Å². The van der Waals surface area contributed by atoms with Crippen LogP contribution in [-0.2, 0) is 4.79 Å². The van der Waals surface area contributed by atoms with Crippen molar-refractivity contribution in [3.8, 4) is 22.9 Å². The van der Waals surface area contributed by atoms with Crippen LogP contribution in [0.25, 0.3) is 11.3 Å².